The fraction of sp³-hybridized carbons (Fsp3) is 0.280. The normalized spacial score (nSPS) is 15.4. The molecule has 0 spiro atoms. The molecule has 1 atom stereocenters. The molecule has 4 rings (SSSR count). The molecule has 0 radical (unpaired) electrons. The van der Waals surface area contributed by atoms with Gasteiger partial charge in [-0.1, -0.05) is 36.4 Å². The van der Waals surface area contributed by atoms with Gasteiger partial charge < -0.3 is 10.2 Å². The lowest BCUT2D eigenvalue weighted by atomic mass is 9.99. The Labute approximate surface area is 181 Å². The molecule has 1 unspecified atom stereocenters. The minimum absolute atomic E-state index is 0.0417. The number of carbonyl (C=O) groups is 1. The summed E-state index contributed by atoms with van der Waals surface area (Å²) >= 11 is 0. The van der Waals surface area contributed by atoms with Crippen LogP contribution in [0.5, 0.6) is 0 Å². The van der Waals surface area contributed by atoms with E-state index in [1.165, 1.54) is 12.1 Å². The molecule has 0 bridgehead atoms. The number of benzene rings is 3. The van der Waals surface area contributed by atoms with Crippen LogP contribution in [0.1, 0.15) is 22.7 Å². The second-order valence-corrected chi connectivity index (χ2v) is 7.90. The summed E-state index contributed by atoms with van der Waals surface area (Å²) in [6, 6.07) is 19.5. The molecule has 6 heteroatoms. The number of hydrogen-bond donors (Lipinski definition) is 1. The number of rotatable bonds is 5. The number of nitrogens with zero attached hydrogens (tertiary/aromatic N) is 3. The van der Waals surface area contributed by atoms with Crippen LogP contribution in [0.15, 0.2) is 60.7 Å². The van der Waals surface area contributed by atoms with Crippen LogP contribution in [-0.2, 0) is 11.3 Å². The molecule has 0 saturated carbocycles. The zero-order chi connectivity index (χ0) is 21.8. The quantitative estimate of drug-likeness (QED) is 0.692. The number of fused-ring (bicyclic) bond motifs is 1. The van der Waals surface area contributed by atoms with E-state index < -0.39 is 6.04 Å². The summed E-state index contributed by atoms with van der Waals surface area (Å²) in [6.07, 6.45) is 0. The summed E-state index contributed by atoms with van der Waals surface area (Å²) in [5.41, 5.74) is 2.30. The van der Waals surface area contributed by atoms with Gasteiger partial charge in [0, 0.05) is 39.8 Å². The molecule has 158 valence electrons. The van der Waals surface area contributed by atoms with Crippen molar-refractivity contribution in [2.45, 2.75) is 12.6 Å². The molecule has 0 aliphatic carbocycles. The van der Waals surface area contributed by atoms with Gasteiger partial charge in [0.1, 0.15) is 11.9 Å². The zero-order valence-electron chi connectivity index (χ0n) is 17.5. The molecule has 1 N–H and O–H groups in total. The lowest BCUT2D eigenvalue weighted by molar-refractivity contribution is -0.136. The maximum Gasteiger partial charge on any atom is 0.244 e. The van der Waals surface area contributed by atoms with E-state index in [0.29, 0.717) is 12.1 Å². The van der Waals surface area contributed by atoms with Crippen molar-refractivity contribution in [2.75, 3.05) is 33.2 Å². The largest absolute Gasteiger partial charge is 0.340 e. The Morgan fingerprint density at radius 1 is 1.16 bits per heavy atom. The Morgan fingerprint density at radius 2 is 1.87 bits per heavy atom. The summed E-state index contributed by atoms with van der Waals surface area (Å²) in [7, 11) is 1.79. The molecular formula is C25H25FN4O. The van der Waals surface area contributed by atoms with Gasteiger partial charge in [0.2, 0.25) is 5.91 Å². The highest BCUT2D eigenvalue weighted by Gasteiger charge is 2.31. The van der Waals surface area contributed by atoms with E-state index in [4.69, 9.17) is 0 Å². The SMILES string of the molecule is CN(Cc1cc(C#N)cc2ccccc12)C(=O)C(c1ccc(F)cc1)N1CCNCC1. The van der Waals surface area contributed by atoms with E-state index in [-0.39, 0.29) is 11.7 Å². The van der Waals surface area contributed by atoms with Crippen LogP contribution in [0.3, 0.4) is 0 Å². The first-order chi connectivity index (χ1) is 15.1. The molecule has 1 amide bonds. The summed E-state index contributed by atoms with van der Waals surface area (Å²) < 4.78 is 13.5. The Bertz CT molecular complexity index is 1120. The molecule has 1 aliphatic heterocycles. The summed E-state index contributed by atoms with van der Waals surface area (Å²) in [5, 5.41) is 14.7. The highest BCUT2D eigenvalue weighted by atomic mass is 19.1. The lowest BCUT2D eigenvalue weighted by Gasteiger charge is -2.36. The Kier molecular flexibility index (Phi) is 6.26. The monoisotopic (exact) mass is 416 g/mol. The Hall–Kier alpha value is -3.27. The van der Waals surface area contributed by atoms with Gasteiger partial charge in [-0.15, -0.1) is 0 Å². The number of amides is 1. The molecule has 1 fully saturated rings. The van der Waals surface area contributed by atoms with Crippen LogP contribution in [0.4, 0.5) is 4.39 Å². The Balaban J connectivity index is 1.65. The third kappa shape index (κ3) is 4.58. The summed E-state index contributed by atoms with van der Waals surface area (Å²) in [4.78, 5) is 17.5. The summed E-state index contributed by atoms with van der Waals surface area (Å²) in [6.45, 7) is 3.49. The predicted octanol–water partition coefficient (Wildman–Crippen LogP) is 3.46. The maximum absolute atomic E-state index is 13.6. The van der Waals surface area contributed by atoms with E-state index in [1.807, 2.05) is 36.4 Å². The number of halogens is 1. The van der Waals surface area contributed by atoms with Crippen molar-refractivity contribution in [3.05, 3.63) is 83.2 Å². The van der Waals surface area contributed by atoms with Crippen molar-refractivity contribution in [3.63, 3.8) is 0 Å². The lowest BCUT2D eigenvalue weighted by Crippen LogP contribution is -2.49. The van der Waals surface area contributed by atoms with Gasteiger partial charge in [0.05, 0.1) is 11.6 Å². The number of likely N-dealkylation sites (N-methyl/N-ethyl adjacent to an activating group) is 1. The third-order valence-electron chi connectivity index (χ3n) is 5.80. The molecule has 1 heterocycles. The average molecular weight is 417 g/mol. The highest BCUT2D eigenvalue weighted by Crippen LogP contribution is 2.27. The van der Waals surface area contributed by atoms with Crippen molar-refractivity contribution in [1.82, 2.24) is 15.1 Å². The zero-order valence-corrected chi connectivity index (χ0v) is 17.5. The fourth-order valence-corrected chi connectivity index (χ4v) is 4.22. The molecule has 1 aliphatic rings. The number of hydrogen-bond acceptors (Lipinski definition) is 4. The summed E-state index contributed by atoms with van der Waals surface area (Å²) in [5.74, 6) is -0.358. The van der Waals surface area contributed by atoms with E-state index >= 15 is 0 Å². The van der Waals surface area contributed by atoms with Gasteiger partial charge in [-0.05, 0) is 46.2 Å². The van der Waals surface area contributed by atoms with Gasteiger partial charge in [0.25, 0.3) is 0 Å². The number of nitriles is 1. The topological polar surface area (TPSA) is 59.4 Å². The highest BCUT2D eigenvalue weighted by molar-refractivity contribution is 5.88. The standard InChI is InChI=1S/C25H25FN4O/c1-29(17-21-15-18(16-27)14-20-4-2-3-5-23(20)21)25(31)24(30-12-10-28-11-13-30)19-6-8-22(26)9-7-19/h2-9,14-15,24,28H,10-13,17H2,1H3. The molecule has 1 saturated heterocycles. The molecular weight excluding hydrogens is 391 g/mol. The van der Waals surface area contributed by atoms with E-state index in [0.717, 1.165) is 48.1 Å². The van der Waals surface area contributed by atoms with E-state index in [1.54, 1.807) is 24.1 Å². The van der Waals surface area contributed by atoms with Crippen molar-refractivity contribution in [2.24, 2.45) is 0 Å². The van der Waals surface area contributed by atoms with Crippen LogP contribution < -0.4 is 5.32 Å². The third-order valence-corrected chi connectivity index (χ3v) is 5.80. The van der Waals surface area contributed by atoms with Crippen LogP contribution in [0, 0.1) is 17.1 Å². The Morgan fingerprint density at radius 3 is 2.58 bits per heavy atom. The minimum atomic E-state index is -0.474. The van der Waals surface area contributed by atoms with Crippen molar-refractivity contribution < 1.29 is 9.18 Å². The molecule has 0 aromatic heterocycles. The van der Waals surface area contributed by atoms with Crippen LogP contribution in [0.2, 0.25) is 0 Å². The van der Waals surface area contributed by atoms with Crippen molar-refractivity contribution in [1.29, 1.82) is 5.26 Å². The van der Waals surface area contributed by atoms with Crippen LogP contribution in [0.25, 0.3) is 10.8 Å². The maximum atomic E-state index is 13.6. The average Bonchev–Trinajstić information content (AvgIpc) is 2.81. The second-order valence-electron chi connectivity index (χ2n) is 7.90. The number of carbonyl (C=O) groups excluding carboxylic acids is 1. The fourth-order valence-electron chi connectivity index (χ4n) is 4.22. The van der Waals surface area contributed by atoms with Gasteiger partial charge in [-0.2, -0.15) is 5.26 Å². The van der Waals surface area contributed by atoms with E-state index in [2.05, 4.69) is 16.3 Å². The van der Waals surface area contributed by atoms with Crippen molar-refractivity contribution >= 4 is 16.7 Å². The number of piperazine rings is 1. The van der Waals surface area contributed by atoms with Crippen LogP contribution in [-0.4, -0.2) is 48.9 Å². The van der Waals surface area contributed by atoms with Gasteiger partial charge in [-0.25, -0.2) is 4.39 Å². The first kappa shape index (κ1) is 21.0. The van der Waals surface area contributed by atoms with Gasteiger partial charge in [0.15, 0.2) is 0 Å². The number of nitrogens with one attached hydrogen (secondary N) is 1. The molecule has 3 aromatic rings. The smallest absolute Gasteiger partial charge is 0.244 e. The van der Waals surface area contributed by atoms with Crippen LogP contribution >= 0.6 is 0 Å². The molecule has 3 aromatic carbocycles. The predicted molar refractivity (Wildman–Crippen MR) is 119 cm³/mol. The van der Waals surface area contributed by atoms with Gasteiger partial charge in [-0.3, -0.25) is 9.69 Å². The second kappa shape index (κ2) is 9.25. The van der Waals surface area contributed by atoms with E-state index in [9.17, 15) is 14.4 Å². The molecule has 31 heavy (non-hydrogen) atoms. The van der Waals surface area contributed by atoms with Crippen molar-refractivity contribution in [3.8, 4) is 6.07 Å². The van der Waals surface area contributed by atoms with Gasteiger partial charge >= 0.3 is 0 Å². The first-order valence-electron chi connectivity index (χ1n) is 10.4. The minimum Gasteiger partial charge on any atom is -0.340 e. The molecule has 5 nitrogen and oxygen atoms in total. The first-order valence-corrected chi connectivity index (χ1v) is 10.4.